The molecule has 0 amide bonds. The normalized spacial score (nSPS) is 32.0. The minimum Gasteiger partial charge on any atom is -0.409 e. The molecule has 0 aromatic rings. The Morgan fingerprint density at radius 2 is 2.11 bits per heavy atom. The van der Waals surface area contributed by atoms with Crippen LogP contribution in [0.5, 0.6) is 0 Å². The number of hydrogen-bond acceptors (Lipinski definition) is 4. The fourth-order valence-electron chi connectivity index (χ4n) is 3.83. The van der Waals surface area contributed by atoms with Crippen LogP contribution in [0, 0.1) is 5.41 Å². The van der Waals surface area contributed by atoms with Gasteiger partial charge in [-0.1, -0.05) is 11.6 Å². The third-order valence-corrected chi connectivity index (χ3v) is 5.12. The van der Waals surface area contributed by atoms with Crippen LogP contribution in [0.3, 0.4) is 0 Å². The SMILES string of the molecule is NC(CC1(CN2CCN3CCCCC3C2)CC1)=NO. The predicted octanol–water partition coefficient (Wildman–Crippen LogP) is 1.07. The molecule has 5 heteroatoms. The van der Waals surface area contributed by atoms with Gasteiger partial charge in [-0.15, -0.1) is 0 Å². The first-order valence-corrected chi connectivity index (χ1v) is 7.64. The van der Waals surface area contributed by atoms with E-state index in [0.29, 0.717) is 11.3 Å². The Morgan fingerprint density at radius 3 is 2.84 bits per heavy atom. The molecule has 1 saturated carbocycles. The van der Waals surface area contributed by atoms with Crippen molar-refractivity contribution in [1.29, 1.82) is 0 Å². The molecule has 5 nitrogen and oxygen atoms in total. The van der Waals surface area contributed by atoms with Crippen LogP contribution in [0.25, 0.3) is 0 Å². The Kier molecular flexibility index (Phi) is 3.67. The summed E-state index contributed by atoms with van der Waals surface area (Å²) < 4.78 is 0. The van der Waals surface area contributed by atoms with Crippen molar-refractivity contribution in [1.82, 2.24) is 9.80 Å². The number of hydrogen-bond donors (Lipinski definition) is 2. The zero-order chi connectivity index (χ0) is 13.3. The van der Waals surface area contributed by atoms with Crippen LogP contribution >= 0.6 is 0 Å². The van der Waals surface area contributed by atoms with Crippen LogP contribution in [0.1, 0.15) is 38.5 Å². The van der Waals surface area contributed by atoms with E-state index in [-0.39, 0.29) is 0 Å². The third kappa shape index (κ3) is 3.03. The van der Waals surface area contributed by atoms with Crippen LogP contribution in [0.4, 0.5) is 0 Å². The molecule has 1 unspecified atom stereocenters. The number of nitrogens with zero attached hydrogens (tertiary/aromatic N) is 3. The summed E-state index contributed by atoms with van der Waals surface area (Å²) in [6.45, 7) is 6.07. The standard InChI is InChI=1S/C14H26N4O/c15-13(16-19)9-14(4-5-14)11-17-7-8-18-6-2-1-3-12(18)10-17/h12,19H,1-11H2,(H2,15,16). The van der Waals surface area contributed by atoms with Gasteiger partial charge in [-0.3, -0.25) is 9.80 Å². The van der Waals surface area contributed by atoms with Gasteiger partial charge in [0.1, 0.15) is 5.84 Å². The summed E-state index contributed by atoms with van der Waals surface area (Å²) in [5.41, 5.74) is 6.00. The number of rotatable bonds is 4. The summed E-state index contributed by atoms with van der Waals surface area (Å²) in [4.78, 5) is 5.28. The minimum absolute atomic E-state index is 0.313. The van der Waals surface area contributed by atoms with Crippen molar-refractivity contribution >= 4 is 5.84 Å². The second-order valence-corrected chi connectivity index (χ2v) is 6.69. The number of piperidine rings is 1. The fourth-order valence-corrected chi connectivity index (χ4v) is 3.83. The number of nitrogens with two attached hydrogens (primary N) is 1. The topological polar surface area (TPSA) is 65.1 Å². The highest BCUT2D eigenvalue weighted by atomic mass is 16.4. The maximum atomic E-state index is 8.73. The van der Waals surface area contributed by atoms with Crippen molar-refractivity contribution in [3.05, 3.63) is 0 Å². The van der Waals surface area contributed by atoms with Gasteiger partial charge < -0.3 is 10.9 Å². The van der Waals surface area contributed by atoms with Crippen molar-refractivity contribution in [2.75, 3.05) is 32.7 Å². The van der Waals surface area contributed by atoms with Crippen molar-refractivity contribution in [2.45, 2.75) is 44.6 Å². The van der Waals surface area contributed by atoms with Crippen LogP contribution in [0.2, 0.25) is 0 Å². The second kappa shape index (κ2) is 5.29. The minimum atomic E-state index is 0.313. The molecule has 1 atom stereocenters. The lowest BCUT2D eigenvalue weighted by molar-refractivity contribution is 0.0398. The molecule has 2 heterocycles. The third-order valence-electron chi connectivity index (χ3n) is 5.12. The van der Waals surface area contributed by atoms with Crippen molar-refractivity contribution in [2.24, 2.45) is 16.3 Å². The molecule has 2 saturated heterocycles. The van der Waals surface area contributed by atoms with Gasteiger partial charge in [-0.25, -0.2) is 0 Å². The summed E-state index contributed by atoms with van der Waals surface area (Å²) in [5.74, 6) is 0.397. The molecule has 0 aromatic heterocycles. The summed E-state index contributed by atoms with van der Waals surface area (Å²) in [6, 6.07) is 0.780. The molecule has 3 fully saturated rings. The molecule has 0 bridgehead atoms. The zero-order valence-electron chi connectivity index (χ0n) is 11.7. The molecule has 3 N–H and O–H groups in total. The molecule has 19 heavy (non-hydrogen) atoms. The molecule has 3 aliphatic rings. The Morgan fingerprint density at radius 1 is 1.26 bits per heavy atom. The Labute approximate surface area is 115 Å². The lowest BCUT2D eigenvalue weighted by Crippen LogP contribution is -2.55. The van der Waals surface area contributed by atoms with E-state index in [0.717, 1.165) is 19.0 Å². The van der Waals surface area contributed by atoms with Crippen LogP contribution < -0.4 is 5.73 Å². The first kappa shape index (κ1) is 13.2. The van der Waals surface area contributed by atoms with Crippen LogP contribution in [-0.2, 0) is 0 Å². The lowest BCUT2D eigenvalue weighted by Gasteiger charge is -2.45. The first-order valence-electron chi connectivity index (χ1n) is 7.64. The van der Waals surface area contributed by atoms with Crippen molar-refractivity contribution in [3.63, 3.8) is 0 Å². The molecular weight excluding hydrogens is 240 g/mol. The Balaban J connectivity index is 1.53. The average molecular weight is 266 g/mol. The summed E-state index contributed by atoms with van der Waals surface area (Å²) in [7, 11) is 0. The molecule has 0 spiro atoms. The second-order valence-electron chi connectivity index (χ2n) is 6.69. The van der Waals surface area contributed by atoms with E-state index in [1.165, 1.54) is 58.3 Å². The highest BCUT2D eigenvalue weighted by molar-refractivity contribution is 5.80. The zero-order valence-corrected chi connectivity index (χ0v) is 11.7. The first-order chi connectivity index (χ1) is 9.21. The molecule has 0 radical (unpaired) electrons. The van der Waals surface area contributed by atoms with Gasteiger partial charge >= 0.3 is 0 Å². The predicted molar refractivity (Wildman–Crippen MR) is 75.3 cm³/mol. The smallest absolute Gasteiger partial charge is 0.139 e. The lowest BCUT2D eigenvalue weighted by atomic mass is 9.96. The maximum Gasteiger partial charge on any atom is 0.139 e. The summed E-state index contributed by atoms with van der Waals surface area (Å²) in [5, 5.41) is 11.9. The maximum absolute atomic E-state index is 8.73. The van der Waals surface area contributed by atoms with Gasteiger partial charge in [-0.05, 0) is 37.6 Å². The van der Waals surface area contributed by atoms with Crippen molar-refractivity contribution in [3.8, 4) is 0 Å². The number of fused-ring (bicyclic) bond motifs is 1. The van der Waals surface area contributed by atoms with E-state index in [2.05, 4.69) is 15.0 Å². The molecule has 1 aliphatic carbocycles. The van der Waals surface area contributed by atoms with E-state index in [1.807, 2.05) is 0 Å². The fraction of sp³-hybridized carbons (Fsp3) is 0.929. The highest BCUT2D eigenvalue weighted by Gasteiger charge is 2.45. The van der Waals surface area contributed by atoms with E-state index in [4.69, 9.17) is 10.9 Å². The highest BCUT2D eigenvalue weighted by Crippen LogP contribution is 2.49. The quantitative estimate of drug-likeness (QED) is 0.346. The van der Waals surface area contributed by atoms with Gasteiger partial charge in [0.25, 0.3) is 0 Å². The van der Waals surface area contributed by atoms with Crippen LogP contribution in [-0.4, -0.2) is 59.6 Å². The summed E-state index contributed by atoms with van der Waals surface area (Å²) >= 11 is 0. The average Bonchev–Trinajstić information content (AvgIpc) is 3.18. The monoisotopic (exact) mass is 266 g/mol. The van der Waals surface area contributed by atoms with Gasteiger partial charge in [0.2, 0.25) is 0 Å². The summed E-state index contributed by atoms with van der Waals surface area (Å²) in [6.07, 6.45) is 7.36. The van der Waals surface area contributed by atoms with E-state index in [1.54, 1.807) is 0 Å². The molecule has 2 aliphatic heterocycles. The van der Waals surface area contributed by atoms with Gasteiger partial charge in [0.05, 0.1) is 0 Å². The largest absolute Gasteiger partial charge is 0.409 e. The van der Waals surface area contributed by atoms with Crippen LogP contribution in [0.15, 0.2) is 5.16 Å². The Hall–Kier alpha value is -0.810. The Bertz CT molecular complexity index is 353. The molecule has 108 valence electrons. The molecule has 3 rings (SSSR count). The molecule has 0 aromatic carbocycles. The van der Waals surface area contributed by atoms with Crippen molar-refractivity contribution < 1.29 is 5.21 Å². The van der Waals surface area contributed by atoms with E-state index in [9.17, 15) is 0 Å². The number of oxime groups is 1. The van der Waals surface area contributed by atoms with Gasteiger partial charge in [0.15, 0.2) is 0 Å². The van der Waals surface area contributed by atoms with E-state index < -0.39 is 0 Å². The van der Waals surface area contributed by atoms with Gasteiger partial charge in [-0.2, -0.15) is 0 Å². The number of amidine groups is 1. The molecular formula is C14H26N4O. The van der Waals surface area contributed by atoms with E-state index >= 15 is 0 Å². The van der Waals surface area contributed by atoms with Gasteiger partial charge in [0, 0.05) is 38.6 Å². The number of piperazine rings is 1.